The Morgan fingerprint density at radius 3 is 2.60 bits per heavy atom. The molecule has 0 saturated carbocycles. The van der Waals surface area contributed by atoms with Gasteiger partial charge < -0.3 is 11.1 Å². The van der Waals surface area contributed by atoms with E-state index in [4.69, 9.17) is 5.73 Å². The van der Waals surface area contributed by atoms with Crippen molar-refractivity contribution in [3.8, 4) is 0 Å². The molecule has 0 spiro atoms. The van der Waals surface area contributed by atoms with Gasteiger partial charge in [-0.3, -0.25) is 4.79 Å². The largest absolute Gasteiger partial charge is 0.353 e. The van der Waals surface area contributed by atoms with Gasteiger partial charge in [0.25, 0.3) is 0 Å². The molecular formula is C12H24N2O. The third-order valence-electron chi connectivity index (χ3n) is 2.33. The molecule has 0 aliphatic rings. The molecule has 3 heteroatoms. The van der Waals surface area contributed by atoms with Crippen molar-refractivity contribution in [2.45, 2.75) is 40.0 Å². The van der Waals surface area contributed by atoms with E-state index in [0.717, 1.165) is 12.8 Å². The monoisotopic (exact) mass is 212 g/mol. The predicted octanol–water partition coefficient (Wildman–Crippen LogP) is 1.83. The predicted molar refractivity (Wildman–Crippen MR) is 64.5 cm³/mol. The summed E-state index contributed by atoms with van der Waals surface area (Å²) in [5, 5.41) is 2.86. The van der Waals surface area contributed by atoms with Crippen molar-refractivity contribution in [2.24, 2.45) is 11.7 Å². The van der Waals surface area contributed by atoms with E-state index in [0.29, 0.717) is 25.4 Å². The highest BCUT2D eigenvalue weighted by molar-refractivity contribution is 5.75. The van der Waals surface area contributed by atoms with Crippen LogP contribution in [-0.4, -0.2) is 19.0 Å². The normalized spacial score (nSPS) is 12.0. The first kappa shape index (κ1) is 14.2. The highest BCUT2D eigenvalue weighted by Gasteiger charge is 2.04. The molecule has 1 atom stereocenters. The Balaban J connectivity index is 3.53. The molecule has 1 amide bonds. The second-order valence-electron chi connectivity index (χ2n) is 4.31. The zero-order chi connectivity index (χ0) is 11.7. The standard InChI is InChI=1S/C12H24N2O/c1-10(2)7-9-14-12(15)5-4-11(3)6-8-13/h7,11H,4-6,8-9,13H2,1-3H3,(H,14,15). The van der Waals surface area contributed by atoms with Crippen LogP contribution in [0.15, 0.2) is 11.6 Å². The third kappa shape index (κ3) is 9.47. The van der Waals surface area contributed by atoms with Crippen molar-refractivity contribution in [2.75, 3.05) is 13.1 Å². The molecule has 0 aromatic rings. The highest BCUT2D eigenvalue weighted by Crippen LogP contribution is 2.08. The van der Waals surface area contributed by atoms with Gasteiger partial charge in [-0.2, -0.15) is 0 Å². The lowest BCUT2D eigenvalue weighted by Gasteiger charge is -2.09. The van der Waals surface area contributed by atoms with Crippen LogP contribution in [0.3, 0.4) is 0 Å². The first-order valence-corrected chi connectivity index (χ1v) is 5.66. The average Bonchev–Trinajstić information content (AvgIpc) is 2.14. The van der Waals surface area contributed by atoms with Gasteiger partial charge in [0.2, 0.25) is 5.91 Å². The topological polar surface area (TPSA) is 55.1 Å². The molecule has 0 aromatic carbocycles. The van der Waals surface area contributed by atoms with Crippen LogP contribution in [0.1, 0.15) is 40.0 Å². The molecule has 0 heterocycles. The number of carbonyl (C=O) groups is 1. The van der Waals surface area contributed by atoms with Crippen molar-refractivity contribution in [1.82, 2.24) is 5.32 Å². The maximum absolute atomic E-state index is 11.4. The lowest BCUT2D eigenvalue weighted by molar-refractivity contribution is -0.121. The Hall–Kier alpha value is -0.830. The molecule has 0 rings (SSSR count). The summed E-state index contributed by atoms with van der Waals surface area (Å²) in [5.41, 5.74) is 6.67. The summed E-state index contributed by atoms with van der Waals surface area (Å²) in [4.78, 5) is 11.4. The molecule has 0 fully saturated rings. The van der Waals surface area contributed by atoms with E-state index in [1.807, 2.05) is 19.9 Å². The maximum Gasteiger partial charge on any atom is 0.220 e. The summed E-state index contributed by atoms with van der Waals surface area (Å²) in [6.07, 6.45) is 4.55. The van der Waals surface area contributed by atoms with E-state index in [2.05, 4.69) is 12.2 Å². The van der Waals surface area contributed by atoms with Gasteiger partial charge in [0.05, 0.1) is 0 Å². The molecule has 0 saturated heterocycles. The molecule has 0 aromatic heterocycles. The van der Waals surface area contributed by atoms with Gasteiger partial charge in [-0.15, -0.1) is 0 Å². The van der Waals surface area contributed by atoms with Gasteiger partial charge in [-0.1, -0.05) is 18.6 Å². The summed E-state index contributed by atoms with van der Waals surface area (Å²) < 4.78 is 0. The first-order chi connectivity index (χ1) is 7.06. The minimum atomic E-state index is 0.136. The smallest absolute Gasteiger partial charge is 0.220 e. The molecule has 0 aliphatic carbocycles. The quantitative estimate of drug-likeness (QED) is 0.633. The molecule has 3 nitrogen and oxygen atoms in total. The van der Waals surface area contributed by atoms with Crippen molar-refractivity contribution in [3.63, 3.8) is 0 Å². The fourth-order valence-electron chi connectivity index (χ4n) is 1.26. The molecule has 0 aliphatic heterocycles. The van der Waals surface area contributed by atoms with Crippen molar-refractivity contribution >= 4 is 5.91 Å². The summed E-state index contributed by atoms with van der Waals surface area (Å²) in [7, 11) is 0. The SMILES string of the molecule is CC(C)=CCNC(=O)CCC(C)CCN. The van der Waals surface area contributed by atoms with Gasteiger partial charge in [0.1, 0.15) is 0 Å². The second-order valence-corrected chi connectivity index (χ2v) is 4.31. The number of hydrogen-bond donors (Lipinski definition) is 2. The lowest BCUT2D eigenvalue weighted by atomic mass is 10.0. The van der Waals surface area contributed by atoms with Crippen LogP contribution in [0, 0.1) is 5.92 Å². The molecule has 3 N–H and O–H groups in total. The first-order valence-electron chi connectivity index (χ1n) is 5.66. The number of rotatable bonds is 7. The van der Waals surface area contributed by atoms with Crippen molar-refractivity contribution in [1.29, 1.82) is 0 Å². The van der Waals surface area contributed by atoms with Crippen LogP contribution in [0.5, 0.6) is 0 Å². The summed E-state index contributed by atoms with van der Waals surface area (Å²) >= 11 is 0. The summed E-state index contributed by atoms with van der Waals surface area (Å²) in [6, 6.07) is 0. The van der Waals surface area contributed by atoms with E-state index >= 15 is 0 Å². The fourth-order valence-corrected chi connectivity index (χ4v) is 1.26. The highest BCUT2D eigenvalue weighted by atomic mass is 16.1. The Bertz CT molecular complexity index is 208. The Labute approximate surface area is 93.1 Å². The summed E-state index contributed by atoms with van der Waals surface area (Å²) in [5.74, 6) is 0.681. The van der Waals surface area contributed by atoms with E-state index in [-0.39, 0.29) is 5.91 Å². The van der Waals surface area contributed by atoms with E-state index in [1.54, 1.807) is 0 Å². The van der Waals surface area contributed by atoms with Crippen LogP contribution < -0.4 is 11.1 Å². The number of allylic oxidation sites excluding steroid dienone is 1. The average molecular weight is 212 g/mol. The Kier molecular flexibility index (Phi) is 8.01. The van der Waals surface area contributed by atoms with Gasteiger partial charge >= 0.3 is 0 Å². The molecule has 0 radical (unpaired) electrons. The van der Waals surface area contributed by atoms with E-state index in [1.165, 1.54) is 5.57 Å². The van der Waals surface area contributed by atoms with Crippen molar-refractivity contribution < 1.29 is 4.79 Å². The number of carbonyl (C=O) groups excluding carboxylic acids is 1. The van der Waals surface area contributed by atoms with Crippen LogP contribution in [-0.2, 0) is 4.79 Å². The van der Waals surface area contributed by atoms with Crippen LogP contribution in [0.25, 0.3) is 0 Å². The zero-order valence-corrected chi connectivity index (χ0v) is 10.2. The zero-order valence-electron chi connectivity index (χ0n) is 10.2. The Morgan fingerprint density at radius 1 is 1.40 bits per heavy atom. The minimum absolute atomic E-state index is 0.136. The molecular weight excluding hydrogens is 188 g/mol. The van der Waals surface area contributed by atoms with Gasteiger partial charge in [-0.05, 0) is 39.2 Å². The molecule has 1 unspecified atom stereocenters. The maximum atomic E-state index is 11.4. The van der Waals surface area contributed by atoms with Gasteiger partial charge in [-0.25, -0.2) is 0 Å². The number of nitrogens with two attached hydrogens (primary N) is 1. The lowest BCUT2D eigenvalue weighted by Crippen LogP contribution is -2.23. The number of nitrogens with one attached hydrogen (secondary N) is 1. The Morgan fingerprint density at radius 2 is 2.07 bits per heavy atom. The molecule has 15 heavy (non-hydrogen) atoms. The van der Waals surface area contributed by atoms with Crippen LogP contribution in [0.4, 0.5) is 0 Å². The van der Waals surface area contributed by atoms with Gasteiger partial charge in [0, 0.05) is 13.0 Å². The second kappa shape index (κ2) is 8.48. The minimum Gasteiger partial charge on any atom is -0.353 e. The number of amides is 1. The molecule has 88 valence electrons. The van der Waals surface area contributed by atoms with Crippen molar-refractivity contribution in [3.05, 3.63) is 11.6 Å². The van der Waals surface area contributed by atoms with E-state index in [9.17, 15) is 4.79 Å². The van der Waals surface area contributed by atoms with E-state index < -0.39 is 0 Å². The van der Waals surface area contributed by atoms with Crippen LogP contribution in [0.2, 0.25) is 0 Å². The van der Waals surface area contributed by atoms with Gasteiger partial charge in [0.15, 0.2) is 0 Å². The summed E-state index contributed by atoms with van der Waals surface area (Å²) in [6.45, 7) is 7.54. The number of hydrogen-bond acceptors (Lipinski definition) is 2. The molecule has 0 bridgehead atoms. The fraction of sp³-hybridized carbons (Fsp3) is 0.750. The van der Waals surface area contributed by atoms with Crippen LogP contribution >= 0.6 is 0 Å². The third-order valence-corrected chi connectivity index (χ3v) is 2.33.